The Bertz CT molecular complexity index is 577. The van der Waals surface area contributed by atoms with Crippen LogP contribution < -0.4 is 16.0 Å². The molecule has 0 atom stereocenters. The van der Waals surface area contributed by atoms with Crippen LogP contribution in [0.5, 0.6) is 11.6 Å². The number of benzene rings is 1. The molecule has 2 aromatic rings. The molecule has 3 N–H and O–H groups in total. The molecule has 1 aromatic carbocycles. The third-order valence-corrected chi connectivity index (χ3v) is 2.30. The number of hydrogen-bond donors (Lipinski definition) is 2. The van der Waals surface area contributed by atoms with Gasteiger partial charge in [-0.25, -0.2) is 20.2 Å². The van der Waals surface area contributed by atoms with Gasteiger partial charge >= 0.3 is 0 Å². The zero-order chi connectivity index (χ0) is 13.1. The van der Waals surface area contributed by atoms with E-state index in [4.69, 9.17) is 10.6 Å². The first-order valence-electron chi connectivity index (χ1n) is 5.03. The minimum atomic E-state index is -1.07. The largest absolute Gasteiger partial charge is 0.435 e. The van der Waals surface area contributed by atoms with Gasteiger partial charge in [-0.15, -0.1) is 0 Å². The van der Waals surface area contributed by atoms with E-state index in [1.807, 2.05) is 0 Å². The highest BCUT2D eigenvalue weighted by molar-refractivity contribution is 5.47. The summed E-state index contributed by atoms with van der Waals surface area (Å²) in [6.07, 6.45) is 1.20. The quantitative estimate of drug-likeness (QED) is 0.646. The van der Waals surface area contributed by atoms with Crippen molar-refractivity contribution in [1.82, 2.24) is 9.97 Å². The maximum absolute atomic E-state index is 13.4. The summed E-state index contributed by atoms with van der Waals surface area (Å²) in [7, 11) is 0. The van der Waals surface area contributed by atoms with Gasteiger partial charge in [-0.05, 0) is 19.1 Å². The van der Waals surface area contributed by atoms with Crippen molar-refractivity contribution in [3.8, 4) is 11.6 Å². The van der Waals surface area contributed by atoms with E-state index < -0.39 is 11.6 Å². The Morgan fingerprint density at radius 1 is 1.28 bits per heavy atom. The third kappa shape index (κ3) is 2.21. The van der Waals surface area contributed by atoms with Crippen molar-refractivity contribution < 1.29 is 13.5 Å². The van der Waals surface area contributed by atoms with Crippen LogP contribution in [0, 0.1) is 18.6 Å². The average Bonchev–Trinajstić information content (AvgIpc) is 2.37. The van der Waals surface area contributed by atoms with Crippen LogP contribution in [0.1, 0.15) is 5.56 Å². The second-order valence-corrected chi connectivity index (χ2v) is 3.45. The Morgan fingerprint density at radius 3 is 2.78 bits per heavy atom. The van der Waals surface area contributed by atoms with Crippen LogP contribution in [0.15, 0.2) is 24.5 Å². The molecule has 0 bridgehead atoms. The second-order valence-electron chi connectivity index (χ2n) is 3.45. The molecule has 1 heterocycles. The van der Waals surface area contributed by atoms with Gasteiger partial charge in [0.15, 0.2) is 11.6 Å². The molecule has 0 fully saturated rings. The number of nitrogens with one attached hydrogen (secondary N) is 1. The Labute approximate surface area is 102 Å². The van der Waals surface area contributed by atoms with E-state index in [1.54, 1.807) is 6.92 Å². The fourth-order valence-corrected chi connectivity index (χ4v) is 1.35. The maximum atomic E-state index is 13.4. The predicted octanol–water partition coefficient (Wildman–Crippen LogP) is 2.14. The molecule has 0 spiro atoms. The number of rotatable bonds is 3. The summed E-state index contributed by atoms with van der Waals surface area (Å²) >= 11 is 0. The number of anilines is 1. The summed E-state index contributed by atoms with van der Waals surface area (Å²) in [6, 6.07) is 3.64. The monoisotopic (exact) mass is 252 g/mol. The summed E-state index contributed by atoms with van der Waals surface area (Å²) in [5.41, 5.74) is 2.84. The molecule has 0 saturated heterocycles. The predicted molar refractivity (Wildman–Crippen MR) is 61.0 cm³/mol. The molecule has 7 heteroatoms. The second kappa shape index (κ2) is 4.92. The van der Waals surface area contributed by atoms with Crippen LogP contribution in [0.2, 0.25) is 0 Å². The molecule has 94 valence electrons. The first-order valence-corrected chi connectivity index (χ1v) is 5.03. The van der Waals surface area contributed by atoms with Gasteiger partial charge in [-0.3, -0.25) is 0 Å². The first kappa shape index (κ1) is 12.2. The standard InChI is InChI=1S/C11H10F2N4O/c1-6-10(17-14)15-5-16-11(6)18-8-4-2-3-7(12)9(8)13/h2-5H,14H2,1H3,(H,15,16,17). The van der Waals surface area contributed by atoms with Crippen molar-refractivity contribution in [2.24, 2.45) is 5.84 Å². The van der Waals surface area contributed by atoms with Gasteiger partial charge in [0.1, 0.15) is 12.1 Å². The van der Waals surface area contributed by atoms with E-state index in [0.717, 1.165) is 6.07 Å². The van der Waals surface area contributed by atoms with Crippen LogP contribution >= 0.6 is 0 Å². The normalized spacial score (nSPS) is 10.2. The minimum Gasteiger partial charge on any atom is -0.435 e. The summed E-state index contributed by atoms with van der Waals surface area (Å²) < 4.78 is 31.6. The van der Waals surface area contributed by atoms with Crippen LogP contribution in [-0.4, -0.2) is 9.97 Å². The SMILES string of the molecule is Cc1c(NN)ncnc1Oc1cccc(F)c1F. The van der Waals surface area contributed by atoms with E-state index in [0.29, 0.717) is 11.4 Å². The number of hydrogen-bond acceptors (Lipinski definition) is 5. The molecule has 1 aromatic heterocycles. The van der Waals surface area contributed by atoms with Gasteiger partial charge in [-0.2, -0.15) is 4.39 Å². The molecule has 0 radical (unpaired) electrons. The minimum absolute atomic E-state index is 0.0995. The topological polar surface area (TPSA) is 73.1 Å². The van der Waals surface area contributed by atoms with Crippen LogP contribution in [-0.2, 0) is 0 Å². The highest BCUT2D eigenvalue weighted by Gasteiger charge is 2.13. The summed E-state index contributed by atoms with van der Waals surface area (Å²) in [6.45, 7) is 1.64. The highest BCUT2D eigenvalue weighted by Crippen LogP contribution is 2.28. The van der Waals surface area contributed by atoms with Crippen molar-refractivity contribution in [2.45, 2.75) is 6.92 Å². The number of halogens is 2. The molecule has 0 aliphatic carbocycles. The van der Waals surface area contributed by atoms with Crippen LogP contribution in [0.25, 0.3) is 0 Å². The third-order valence-electron chi connectivity index (χ3n) is 2.30. The van der Waals surface area contributed by atoms with E-state index in [2.05, 4.69) is 15.4 Å². The number of nitrogens with two attached hydrogens (primary N) is 1. The van der Waals surface area contributed by atoms with Crippen molar-refractivity contribution in [2.75, 3.05) is 5.43 Å². The number of ether oxygens (including phenoxy) is 1. The number of nitrogens with zero attached hydrogens (tertiary/aromatic N) is 2. The maximum Gasteiger partial charge on any atom is 0.227 e. The Hall–Kier alpha value is -2.28. The highest BCUT2D eigenvalue weighted by atomic mass is 19.2. The Kier molecular flexibility index (Phi) is 3.33. The zero-order valence-corrected chi connectivity index (χ0v) is 9.45. The van der Waals surface area contributed by atoms with Gasteiger partial charge in [0, 0.05) is 0 Å². The average molecular weight is 252 g/mol. The Morgan fingerprint density at radius 2 is 2.06 bits per heavy atom. The molecular formula is C11H10F2N4O. The van der Waals surface area contributed by atoms with E-state index in [-0.39, 0.29) is 11.6 Å². The Balaban J connectivity index is 2.37. The van der Waals surface area contributed by atoms with Crippen molar-refractivity contribution in [3.63, 3.8) is 0 Å². The summed E-state index contributed by atoms with van der Waals surface area (Å²) in [5.74, 6) is 3.37. The fraction of sp³-hybridized carbons (Fsp3) is 0.0909. The zero-order valence-electron chi connectivity index (χ0n) is 9.45. The van der Waals surface area contributed by atoms with Crippen LogP contribution in [0.4, 0.5) is 14.6 Å². The number of aromatic nitrogens is 2. The van der Waals surface area contributed by atoms with Crippen molar-refractivity contribution in [1.29, 1.82) is 0 Å². The molecular weight excluding hydrogens is 242 g/mol. The number of hydrazine groups is 1. The first-order chi connectivity index (χ1) is 8.63. The van der Waals surface area contributed by atoms with Gasteiger partial charge < -0.3 is 10.2 Å². The van der Waals surface area contributed by atoms with Gasteiger partial charge in [-0.1, -0.05) is 6.07 Å². The van der Waals surface area contributed by atoms with E-state index in [1.165, 1.54) is 18.5 Å². The van der Waals surface area contributed by atoms with Gasteiger partial charge in [0.2, 0.25) is 11.7 Å². The molecule has 0 aliphatic heterocycles. The molecule has 5 nitrogen and oxygen atoms in total. The summed E-state index contributed by atoms with van der Waals surface area (Å²) in [5, 5.41) is 0. The van der Waals surface area contributed by atoms with E-state index >= 15 is 0 Å². The molecule has 0 unspecified atom stereocenters. The lowest BCUT2D eigenvalue weighted by molar-refractivity contribution is 0.402. The number of nitrogen functional groups attached to an aromatic ring is 1. The van der Waals surface area contributed by atoms with Crippen LogP contribution in [0.3, 0.4) is 0 Å². The lowest BCUT2D eigenvalue weighted by Crippen LogP contribution is -2.11. The van der Waals surface area contributed by atoms with Crippen molar-refractivity contribution >= 4 is 5.82 Å². The molecule has 18 heavy (non-hydrogen) atoms. The summed E-state index contributed by atoms with van der Waals surface area (Å²) in [4.78, 5) is 7.68. The fourth-order valence-electron chi connectivity index (χ4n) is 1.35. The van der Waals surface area contributed by atoms with Crippen molar-refractivity contribution in [3.05, 3.63) is 41.7 Å². The lowest BCUT2D eigenvalue weighted by atomic mass is 10.3. The molecule has 0 aliphatic rings. The molecule has 2 rings (SSSR count). The van der Waals surface area contributed by atoms with Gasteiger partial charge in [0.25, 0.3) is 0 Å². The smallest absolute Gasteiger partial charge is 0.227 e. The molecule has 0 saturated carbocycles. The molecule has 0 amide bonds. The van der Waals surface area contributed by atoms with Gasteiger partial charge in [0.05, 0.1) is 5.56 Å². The lowest BCUT2D eigenvalue weighted by Gasteiger charge is -2.10. The van der Waals surface area contributed by atoms with E-state index in [9.17, 15) is 8.78 Å².